The Labute approximate surface area is 108 Å². The minimum atomic E-state index is -4.23. The van der Waals surface area contributed by atoms with Gasteiger partial charge in [-0.15, -0.1) is 0 Å². The predicted molar refractivity (Wildman–Crippen MR) is 62.6 cm³/mol. The van der Waals surface area contributed by atoms with Crippen LogP contribution in [0.5, 0.6) is 0 Å². The molecule has 1 fully saturated rings. The van der Waals surface area contributed by atoms with Crippen molar-refractivity contribution in [2.45, 2.75) is 24.4 Å². The van der Waals surface area contributed by atoms with Crippen LogP contribution in [0.4, 0.5) is 13.2 Å². The number of hydrogen-bond donors (Lipinski definition) is 0. The molecule has 2 nitrogen and oxygen atoms in total. The zero-order valence-electron chi connectivity index (χ0n) is 9.83. The van der Waals surface area contributed by atoms with Crippen molar-refractivity contribution in [2.24, 2.45) is 0 Å². The standard InChI is InChI=1S/C14H9F3N2/c15-14(16,17)13(5-6-13)12-3-1-10(2-4-12)7-11(8-18)9-19/h1-4,7H,5-6H2. The fraction of sp³-hybridized carbons (Fsp3) is 0.286. The summed E-state index contributed by atoms with van der Waals surface area (Å²) in [6.07, 6.45) is -2.65. The van der Waals surface area contributed by atoms with Crippen LogP contribution in [0.25, 0.3) is 6.08 Å². The molecule has 0 N–H and O–H groups in total. The molecule has 0 spiro atoms. The van der Waals surface area contributed by atoms with E-state index in [1.54, 1.807) is 12.1 Å². The van der Waals surface area contributed by atoms with Crippen LogP contribution in [0.1, 0.15) is 24.0 Å². The number of nitriles is 2. The van der Waals surface area contributed by atoms with Crippen molar-refractivity contribution in [2.75, 3.05) is 0 Å². The van der Waals surface area contributed by atoms with Gasteiger partial charge in [0.2, 0.25) is 0 Å². The Balaban J connectivity index is 2.29. The first kappa shape index (κ1) is 13.2. The third kappa shape index (κ3) is 2.32. The van der Waals surface area contributed by atoms with Crippen molar-refractivity contribution in [1.82, 2.24) is 0 Å². The molecule has 1 aromatic carbocycles. The molecule has 96 valence electrons. The van der Waals surface area contributed by atoms with E-state index in [2.05, 4.69) is 0 Å². The van der Waals surface area contributed by atoms with Gasteiger partial charge in [0.1, 0.15) is 17.7 Å². The highest BCUT2D eigenvalue weighted by Gasteiger charge is 2.64. The molecular weight excluding hydrogens is 253 g/mol. The number of halogens is 3. The van der Waals surface area contributed by atoms with Crippen molar-refractivity contribution in [1.29, 1.82) is 10.5 Å². The van der Waals surface area contributed by atoms with Crippen molar-refractivity contribution >= 4 is 6.08 Å². The SMILES string of the molecule is N#CC(C#N)=Cc1ccc(C2(C(F)(F)F)CC2)cc1. The summed E-state index contributed by atoms with van der Waals surface area (Å²) in [6.45, 7) is 0. The summed E-state index contributed by atoms with van der Waals surface area (Å²) in [6, 6.07) is 9.23. The van der Waals surface area contributed by atoms with E-state index in [4.69, 9.17) is 10.5 Å². The van der Waals surface area contributed by atoms with Crippen LogP contribution in [0, 0.1) is 22.7 Å². The van der Waals surface area contributed by atoms with E-state index in [1.165, 1.54) is 30.3 Å². The fourth-order valence-corrected chi connectivity index (χ4v) is 2.02. The van der Waals surface area contributed by atoms with Crippen molar-refractivity contribution < 1.29 is 13.2 Å². The zero-order valence-corrected chi connectivity index (χ0v) is 9.83. The Kier molecular flexibility index (Phi) is 3.08. The summed E-state index contributed by atoms with van der Waals surface area (Å²) in [7, 11) is 0. The molecule has 0 aromatic heterocycles. The first-order valence-electron chi connectivity index (χ1n) is 5.62. The number of benzene rings is 1. The molecule has 0 aliphatic heterocycles. The molecule has 0 unspecified atom stereocenters. The van der Waals surface area contributed by atoms with E-state index < -0.39 is 11.6 Å². The van der Waals surface area contributed by atoms with E-state index >= 15 is 0 Å². The molecule has 1 aliphatic rings. The summed E-state index contributed by atoms with van der Waals surface area (Å²) in [4.78, 5) is 0. The van der Waals surface area contributed by atoms with Crippen LogP contribution in [0.2, 0.25) is 0 Å². The Morgan fingerprint density at radius 2 is 1.63 bits per heavy atom. The molecule has 0 amide bonds. The largest absolute Gasteiger partial charge is 0.398 e. The number of nitrogens with zero attached hydrogens (tertiary/aromatic N) is 2. The third-order valence-corrected chi connectivity index (χ3v) is 3.31. The summed E-state index contributed by atoms with van der Waals surface area (Å²) in [5.41, 5.74) is -0.986. The average molecular weight is 262 g/mol. The summed E-state index contributed by atoms with van der Waals surface area (Å²) >= 11 is 0. The monoisotopic (exact) mass is 262 g/mol. The maximum absolute atomic E-state index is 12.9. The van der Waals surface area contributed by atoms with Gasteiger partial charge in [0.15, 0.2) is 0 Å². The Morgan fingerprint density at radius 3 is 2.00 bits per heavy atom. The van der Waals surface area contributed by atoms with Gasteiger partial charge in [-0.2, -0.15) is 23.7 Å². The molecule has 0 radical (unpaired) electrons. The molecule has 0 heterocycles. The third-order valence-electron chi connectivity index (χ3n) is 3.31. The Morgan fingerprint density at radius 1 is 1.11 bits per heavy atom. The van der Waals surface area contributed by atoms with Gasteiger partial charge in [-0.1, -0.05) is 24.3 Å². The van der Waals surface area contributed by atoms with Crippen LogP contribution in [0.3, 0.4) is 0 Å². The number of rotatable bonds is 2. The van der Waals surface area contributed by atoms with Crippen LogP contribution < -0.4 is 0 Å². The van der Waals surface area contributed by atoms with Gasteiger partial charge in [0.25, 0.3) is 0 Å². The van der Waals surface area contributed by atoms with E-state index in [0.717, 1.165) is 0 Å². The minimum absolute atomic E-state index is 0.0790. The second kappa shape index (κ2) is 4.44. The van der Waals surface area contributed by atoms with E-state index in [0.29, 0.717) is 5.56 Å². The number of hydrogen-bond acceptors (Lipinski definition) is 2. The Hall–Kier alpha value is -2.27. The quantitative estimate of drug-likeness (QED) is 0.763. The lowest BCUT2D eigenvalue weighted by Crippen LogP contribution is -2.28. The maximum atomic E-state index is 12.9. The van der Waals surface area contributed by atoms with Gasteiger partial charge in [0, 0.05) is 0 Å². The second-order valence-electron chi connectivity index (χ2n) is 4.48. The van der Waals surface area contributed by atoms with Crippen LogP contribution in [-0.4, -0.2) is 6.18 Å². The molecule has 1 aliphatic carbocycles. The Bertz CT molecular complexity index is 578. The van der Waals surface area contributed by atoms with Gasteiger partial charge in [-0.3, -0.25) is 0 Å². The summed E-state index contributed by atoms with van der Waals surface area (Å²) < 4.78 is 38.7. The van der Waals surface area contributed by atoms with Crippen molar-refractivity contribution in [3.05, 3.63) is 41.0 Å². The molecule has 5 heteroatoms. The molecule has 2 rings (SSSR count). The molecule has 1 saturated carbocycles. The molecule has 0 atom stereocenters. The van der Waals surface area contributed by atoms with E-state index in [1.807, 2.05) is 0 Å². The highest BCUT2D eigenvalue weighted by atomic mass is 19.4. The van der Waals surface area contributed by atoms with Crippen molar-refractivity contribution in [3.8, 4) is 12.1 Å². The highest BCUT2D eigenvalue weighted by molar-refractivity contribution is 5.62. The van der Waals surface area contributed by atoms with Gasteiger partial charge >= 0.3 is 6.18 Å². The maximum Gasteiger partial charge on any atom is 0.398 e. The lowest BCUT2D eigenvalue weighted by molar-refractivity contribution is -0.160. The lowest BCUT2D eigenvalue weighted by atomic mass is 9.94. The first-order chi connectivity index (χ1) is 8.93. The van der Waals surface area contributed by atoms with Gasteiger partial charge in [0.05, 0.1) is 5.41 Å². The minimum Gasteiger partial charge on any atom is -0.192 e. The molecule has 19 heavy (non-hydrogen) atoms. The van der Waals surface area contributed by atoms with Crippen molar-refractivity contribution in [3.63, 3.8) is 0 Å². The summed E-state index contributed by atoms with van der Waals surface area (Å²) in [5, 5.41) is 17.2. The molecule has 1 aromatic rings. The fourth-order valence-electron chi connectivity index (χ4n) is 2.02. The average Bonchev–Trinajstić information content (AvgIpc) is 3.17. The van der Waals surface area contributed by atoms with Gasteiger partial charge in [-0.25, -0.2) is 0 Å². The summed E-state index contributed by atoms with van der Waals surface area (Å²) in [5.74, 6) is 0. The zero-order chi connectivity index (χ0) is 14.1. The van der Waals surface area contributed by atoms with E-state index in [9.17, 15) is 13.2 Å². The number of allylic oxidation sites excluding steroid dienone is 1. The van der Waals surface area contributed by atoms with Crippen LogP contribution >= 0.6 is 0 Å². The lowest BCUT2D eigenvalue weighted by Gasteiger charge is -2.19. The smallest absolute Gasteiger partial charge is 0.192 e. The second-order valence-corrected chi connectivity index (χ2v) is 4.48. The number of alkyl halides is 3. The van der Waals surface area contributed by atoms with Crippen LogP contribution in [-0.2, 0) is 5.41 Å². The predicted octanol–water partition coefficient (Wildman–Crippen LogP) is 3.71. The first-order valence-corrected chi connectivity index (χ1v) is 5.62. The highest BCUT2D eigenvalue weighted by Crippen LogP contribution is 2.58. The van der Waals surface area contributed by atoms with Crippen LogP contribution in [0.15, 0.2) is 29.8 Å². The molecule has 0 bridgehead atoms. The molecular formula is C14H9F3N2. The molecule has 0 saturated heterocycles. The van der Waals surface area contributed by atoms with Gasteiger partial charge < -0.3 is 0 Å². The normalized spacial score (nSPS) is 16.1. The topological polar surface area (TPSA) is 47.6 Å². The van der Waals surface area contributed by atoms with Gasteiger partial charge in [-0.05, 0) is 30.0 Å². The van der Waals surface area contributed by atoms with E-state index in [-0.39, 0.29) is 24.0 Å².